The molecule has 2 fully saturated rings. The molecule has 4 atom stereocenters. The van der Waals surface area contributed by atoms with E-state index in [4.69, 9.17) is 0 Å². The van der Waals surface area contributed by atoms with E-state index in [9.17, 15) is 9.50 Å². The molecule has 9 heteroatoms. The summed E-state index contributed by atoms with van der Waals surface area (Å²) in [5, 5.41) is 21.4. The summed E-state index contributed by atoms with van der Waals surface area (Å²) in [5.74, 6) is 0.625. The van der Waals surface area contributed by atoms with Gasteiger partial charge in [0.1, 0.15) is 18.3 Å². The lowest BCUT2D eigenvalue weighted by molar-refractivity contribution is 0.176. The number of aromatic hydroxyl groups is 1. The zero-order valence-electron chi connectivity index (χ0n) is 14.8. The van der Waals surface area contributed by atoms with E-state index in [2.05, 4.69) is 25.5 Å². The van der Waals surface area contributed by atoms with E-state index in [0.717, 1.165) is 19.3 Å². The maximum absolute atomic E-state index is 14.8. The molecule has 0 aliphatic carbocycles. The van der Waals surface area contributed by atoms with Gasteiger partial charge >= 0.3 is 0 Å². The van der Waals surface area contributed by atoms with Gasteiger partial charge in [-0.1, -0.05) is 0 Å². The number of anilines is 1. The first-order valence-corrected chi connectivity index (χ1v) is 9.08. The lowest BCUT2D eigenvalue weighted by atomic mass is 9.96. The van der Waals surface area contributed by atoms with Gasteiger partial charge in [-0.3, -0.25) is 9.38 Å². The number of aromatic nitrogens is 5. The molecule has 0 radical (unpaired) electrons. The van der Waals surface area contributed by atoms with Gasteiger partial charge in [-0.2, -0.15) is 0 Å². The number of nitrogens with zero attached hydrogens (tertiary/aromatic N) is 6. The topological polar surface area (TPSA) is 91.5 Å². The van der Waals surface area contributed by atoms with Crippen molar-refractivity contribution in [2.75, 3.05) is 11.9 Å². The van der Waals surface area contributed by atoms with Crippen LogP contribution in [-0.2, 0) is 0 Å². The molecule has 3 aromatic rings. The zero-order chi connectivity index (χ0) is 18.5. The van der Waals surface area contributed by atoms with Crippen molar-refractivity contribution in [3.05, 3.63) is 31.0 Å². The molecular weight excluding hydrogens is 349 g/mol. The third kappa shape index (κ3) is 2.61. The van der Waals surface area contributed by atoms with Crippen LogP contribution in [0.1, 0.15) is 19.3 Å². The Labute approximate surface area is 155 Å². The van der Waals surface area contributed by atoms with Crippen LogP contribution in [0.15, 0.2) is 31.0 Å². The second-order valence-electron chi connectivity index (χ2n) is 7.31. The lowest BCUT2D eigenvalue weighted by Crippen LogP contribution is -2.55. The zero-order valence-corrected chi connectivity index (χ0v) is 14.8. The minimum Gasteiger partial charge on any atom is -0.504 e. The number of fused-ring (bicyclic) bond motifs is 3. The summed E-state index contributed by atoms with van der Waals surface area (Å²) in [7, 11) is 1.87. The molecule has 27 heavy (non-hydrogen) atoms. The SMILES string of the molecule is CN(c1cnc(-c2ccn3cnnc3c2O)cn1)[C@H]1CC2CCC(N2)[C@H]1F. The molecule has 2 bridgehead atoms. The average Bonchev–Trinajstić information content (AvgIpc) is 3.33. The van der Waals surface area contributed by atoms with Crippen molar-refractivity contribution in [3.63, 3.8) is 0 Å². The van der Waals surface area contributed by atoms with Crippen LogP contribution >= 0.6 is 0 Å². The van der Waals surface area contributed by atoms with Crippen molar-refractivity contribution in [1.29, 1.82) is 0 Å². The Bertz CT molecular complexity index is 976. The summed E-state index contributed by atoms with van der Waals surface area (Å²) in [6, 6.07) is 1.86. The molecule has 0 spiro atoms. The van der Waals surface area contributed by atoms with E-state index >= 15 is 0 Å². The summed E-state index contributed by atoms with van der Waals surface area (Å²) < 4.78 is 16.4. The highest BCUT2D eigenvalue weighted by atomic mass is 19.1. The molecule has 5 rings (SSSR count). The minimum atomic E-state index is -0.922. The molecule has 0 aromatic carbocycles. The summed E-state index contributed by atoms with van der Waals surface area (Å²) >= 11 is 0. The smallest absolute Gasteiger partial charge is 0.203 e. The number of alkyl halides is 1. The van der Waals surface area contributed by atoms with Crippen molar-refractivity contribution < 1.29 is 9.50 Å². The van der Waals surface area contributed by atoms with E-state index in [1.165, 1.54) is 6.33 Å². The first-order valence-electron chi connectivity index (χ1n) is 9.08. The predicted molar refractivity (Wildman–Crippen MR) is 97.3 cm³/mol. The number of pyridine rings is 1. The maximum atomic E-state index is 14.8. The van der Waals surface area contributed by atoms with Crippen molar-refractivity contribution >= 4 is 11.5 Å². The van der Waals surface area contributed by atoms with Crippen LogP contribution in [0.3, 0.4) is 0 Å². The van der Waals surface area contributed by atoms with Crippen LogP contribution in [0.5, 0.6) is 5.75 Å². The molecule has 2 aliphatic rings. The van der Waals surface area contributed by atoms with Crippen LogP contribution in [0.4, 0.5) is 10.2 Å². The van der Waals surface area contributed by atoms with Gasteiger partial charge < -0.3 is 15.3 Å². The van der Waals surface area contributed by atoms with Crippen molar-refractivity contribution in [2.24, 2.45) is 0 Å². The second-order valence-corrected chi connectivity index (χ2v) is 7.31. The molecule has 8 nitrogen and oxygen atoms in total. The first-order chi connectivity index (χ1) is 13.1. The Kier molecular flexibility index (Phi) is 3.71. The monoisotopic (exact) mass is 369 g/mol. The quantitative estimate of drug-likeness (QED) is 0.724. The normalized spacial score (nSPS) is 27.2. The standard InChI is InChI=1S/C18H20FN7O/c1-25(14-6-10-2-3-12(23-10)16(14)19)15-8-20-13(7-21-15)11-4-5-26-9-22-24-18(26)17(11)27/h4-5,7-10,12,14,16,23,27H,2-3,6H2,1H3/t10?,12?,14-,16+/m0/s1. The Morgan fingerprint density at radius 1 is 1.30 bits per heavy atom. The van der Waals surface area contributed by atoms with Gasteiger partial charge in [0.25, 0.3) is 0 Å². The van der Waals surface area contributed by atoms with Crippen LogP contribution in [-0.4, -0.2) is 61.0 Å². The van der Waals surface area contributed by atoms with E-state index in [1.807, 2.05) is 11.9 Å². The number of halogens is 1. The lowest BCUT2D eigenvalue weighted by Gasteiger charge is -2.38. The van der Waals surface area contributed by atoms with Crippen LogP contribution in [0, 0.1) is 0 Å². The molecule has 0 saturated carbocycles. The Morgan fingerprint density at radius 2 is 2.19 bits per heavy atom. The van der Waals surface area contributed by atoms with E-state index in [1.54, 1.807) is 29.1 Å². The molecule has 2 unspecified atom stereocenters. The van der Waals surface area contributed by atoms with E-state index in [-0.39, 0.29) is 17.8 Å². The molecular formula is C18H20FN7O. The molecule has 2 aliphatic heterocycles. The molecule has 5 heterocycles. The van der Waals surface area contributed by atoms with Crippen LogP contribution in [0.25, 0.3) is 16.9 Å². The van der Waals surface area contributed by atoms with E-state index < -0.39 is 6.17 Å². The van der Waals surface area contributed by atoms with Gasteiger partial charge in [-0.25, -0.2) is 9.37 Å². The Balaban J connectivity index is 1.42. The van der Waals surface area contributed by atoms with Crippen molar-refractivity contribution in [1.82, 2.24) is 29.9 Å². The third-order valence-corrected chi connectivity index (χ3v) is 5.77. The highest BCUT2D eigenvalue weighted by molar-refractivity contribution is 5.74. The number of hydrogen-bond acceptors (Lipinski definition) is 7. The minimum absolute atomic E-state index is 0.00385. The number of piperidine rings is 1. The summed E-state index contributed by atoms with van der Waals surface area (Å²) in [5.41, 5.74) is 1.42. The van der Waals surface area contributed by atoms with Gasteiger partial charge in [0.05, 0.1) is 24.1 Å². The van der Waals surface area contributed by atoms with Gasteiger partial charge in [0, 0.05) is 30.9 Å². The summed E-state index contributed by atoms with van der Waals surface area (Å²) in [6.45, 7) is 0. The highest BCUT2D eigenvalue weighted by Gasteiger charge is 2.43. The second kappa shape index (κ2) is 6.12. The molecule has 2 N–H and O–H groups in total. The van der Waals surface area contributed by atoms with Gasteiger partial charge in [0.2, 0.25) is 5.65 Å². The summed E-state index contributed by atoms with van der Waals surface area (Å²) in [6.07, 6.45) is 8.26. The molecule has 3 aromatic heterocycles. The molecule has 2 saturated heterocycles. The first kappa shape index (κ1) is 16.4. The molecule has 140 valence electrons. The summed E-state index contributed by atoms with van der Waals surface area (Å²) in [4.78, 5) is 10.8. The van der Waals surface area contributed by atoms with E-state index in [0.29, 0.717) is 28.8 Å². The largest absolute Gasteiger partial charge is 0.504 e. The number of rotatable bonds is 3. The van der Waals surface area contributed by atoms with Gasteiger partial charge in [0.15, 0.2) is 5.75 Å². The van der Waals surface area contributed by atoms with Crippen molar-refractivity contribution in [2.45, 2.75) is 43.6 Å². The number of nitrogens with one attached hydrogen (secondary N) is 1. The fourth-order valence-electron chi connectivity index (χ4n) is 4.24. The van der Waals surface area contributed by atoms with Gasteiger partial charge in [-0.15, -0.1) is 10.2 Å². The number of hydrogen-bond donors (Lipinski definition) is 2. The van der Waals surface area contributed by atoms with Crippen LogP contribution in [0.2, 0.25) is 0 Å². The van der Waals surface area contributed by atoms with Gasteiger partial charge in [-0.05, 0) is 25.3 Å². The fraction of sp³-hybridized carbons (Fsp3) is 0.444. The van der Waals surface area contributed by atoms with Crippen molar-refractivity contribution in [3.8, 4) is 17.0 Å². The van der Waals surface area contributed by atoms with Crippen LogP contribution < -0.4 is 10.2 Å². The Hall–Kier alpha value is -2.81. The Morgan fingerprint density at radius 3 is 3.00 bits per heavy atom. The average molecular weight is 369 g/mol. The highest BCUT2D eigenvalue weighted by Crippen LogP contribution is 2.34. The maximum Gasteiger partial charge on any atom is 0.203 e. The fourth-order valence-corrected chi connectivity index (χ4v) is 4.24. The third-order valence-electron chi connectivity index (χ3n) is 5.77. The predicted octanol–water partition coefficient (Wildman–Crippen LogP) is 1.56. The molecule has 0 amide bonds.